The molecule has 0 aliphatic rings. The Balaban J connectivity index is 1.65. The molecule has 0 aliphatic carbocycles. The van der Waals surface area contributed by atoms with Crippen LogP contribution in [0.2, 0.25) is 0 Å². The molecule has 0 saturated carbocycles. The average Bonchev–Trinajstić information content (AvgIpc) is 3.30. The lowest BCUT2D eigenvalue weighted by Gasteiger charge is -2.11. The first-order valence-electron chi connectivity index (χ1n) is 10.6. The number of pyridine rings is 4. The molecule has 5 heterocycles. The lowest BCUT2D eigenvalue weighted by atomic mass is 9.98. The quantitative estimate of drug-likeness (QED) is 0.349. The highest BCUT2D eigenvalue weighted by Gasteiger charge is 2.17. The van der Waals surface area contributed by atoms with E-state index in [0.717, 1.165) is 38.2 Å². The van der Waals surface area contributed by atoms with Crippen LogP contribution in [0.15, 0.2) is 90.2 Å². The highest BCUT2D eigenvalue weighted by atomic mass is 32.1. The second-order valence-electron chi connectivity index (χ2n) is 7.88. The highest BCUT2D eigenvalue weighted by Crippen LogP contribution is 2.37. The Bertz CT molecular complexity index is 1700. The molecule has 0 aliphatic heterocycles. The van der Waals surface area contributed by atoms with Crippen molar-refractivity contribution in [3.8, 4) is 32.8 Å². The van der Waals surface area contributed by atoms with Gasteiger partial charge in [0.25, 0.3) is 0 Å². The van der Waals surface area contributed by atoms with Gasteiger partial charge in [0.2, 0.25) is 0 Å². The molecule has 5 nitrogen and oxygen atoms in total. The van der Waals surface area contributed by atoms with Crippen LogP contribution in [-0.2, 0) is 0 Å². The molecule has 6 heteroatoms. The molecule has 1 N–H and O–H groups in total. The maximum absolute atomic E-state index is 13.5. The number of hydrogen-bond donors (Lipinski definition) is 1. The maximum Gasteiger partial charge on any atom is 0.198 e. The number of nitrogens with zero attached hydrogens (tertiary/aromatic N) is 3. The summed E-state index contributed by atoms with van der Waals surface area (Å²) in [6.07, 6.45) is 6.91. The summed E-state index contributed by atoms with van der Waals surface area (Å²) in [4.78, 5) is 32.5. The summed E-state index contributed by atoms with van der Waals surface area (Å²) in [5, 5.41) is 1.59. The van der Waals surface area contributed by atoms with Gasteiger partial charge in [-0.2, -0.15) is 0 Å². The topological polar surface area (TPSA) is 71.5 Å². The van der Waals surface area contributed by atoms with Crippen LogP contribution in [-0.4, -0.2) is 19.9 Å². The third-order valence-electron chi connectivity index (χ3n) is 5.73. The van der Waals surface area contributed by atoms with Crippen molar-refractivity contribution in [1.82, 2.24) is 19.9 Å². The fourth-order valence-corrected chi connectivity index (χ4v) is 4.97. The van der Waals surface area contributed by atoms with Crippen LogP contribution < -0.4 is 5.43 Å². The van der Waals surface area contributed by atoms with Crippen LogP contribution in [0.4, 0.5) is 0 Å². The molecule has 5 aromatic heterocycles. The molecular weight excluding hydrogens is 428 g/mol. The van der Waals surface area contributed by atoms with E-state index in [1.807, 2.05) is 42.5 Å². The van der Waals surface area contributed by atoms with Crippen molar-refractivity contribution in [2.45, 2.75) is 6.92 Å². The summed E-state index contributed by atoms with van der Waals surface area (Å²) in [5.41, 5.74) is 5.56. The molecule has 0 amide bonds. The summed E-state index contributed by atoms with van der Waals surface area (Å²) < 4.78 is 0. The van der Waals surface area contributed by atoms with Crippen LogP contribution >= 0.6 is 11.3 Å². The van der Waals surface area contributed by atoms with E-state index in [4.69, 9.17) is 4.98 Å². The number of thiophene rings is 1. The summed E-state index contributed by atoms with van der Waals surface area (Å²) in [7, 11) is 0. The number of nitrogens with one attached hydrogen (secondary N) is 1. The van der Waals surface area contributed by atoms with Crippen molar-refractivity contribution in [2.75, 3.05) is 0 Å². The number of hydrogen-bond acceptors (Lipinski definition) is 5. The minimum atomic E-state index is -0.0677. The van der Waals surface area contributed by atoms with Crippen LogP contribution in [0.25, 0.3) is 54.8 Å². The average molecular weight is 447 g/mol. The van der Waals surface area contributed by atoms with Gasteiger partial charge in [0.05, 0.1) is 21.5 Å². The standard InChI is InChI=1S/C27H18N4OS/c1-16-6-9-24(33-16)25-20(17-7-8-23-18(12-17)4-3-11-29-23)13-21-26(32)22(15-30-27(21)31-25)19-5-2-10-28-14-19/h2-15H,1H3,(H,30,31,32). The number of aromatic nitrogens is 4. The molecule has 158 valence electrons. The van der Waals surface area contributed by atoms with Crippen molar-refractivity contribution >= 4 is 33.3 Å². The third kappa shape index (κ3) is 3.41. The minimum Gasteiger partial charge on any atom is -0.345 e. The Hall–Kier alpha value is -4.16. The number of aromatic amines is 1. The second kappa shape index (κ2) is 7.76. The largest absolute Gasteiger partial charge is 0.345 e. The Kier molecular flexibility index (Phi) is 4.59. The van der Waals surface area contributed by atoms with E-state index >= 15 is 0 Å². The molecule has 6 rings (SSSR count). The van der Waals surface area contributed by atoms with E-state index in [1.165, 1.54) is 4.88 Å². The van der Waals surface area contributed by atoms with Crippen LogP contribution in [0.1, 0.15) is 4.88 Å². The van der Waals surface area contributed by atoms with Gasteiger partial charge >= 0.3 is 0 Å². The predicted molar refractivity (Wildman–Crippen MR) is 134 cm³/mol. The molecule has 0 unspecified atom stereocenters. The van der Waals surface area contributed by atoms with Crippen LogP contribution in [0.3, 0.4) is 0 Å². The molecule has 33 heavy (non-hydrogen) atoms. The van der Waals surface area contributed by atoms with Crippen molar-refractivity contribution in [2.24, 2.45) is 0 Å². The molecule has 0 spiro atoms. The van der Waals surface area contributed by atoms with Crippen molar-refractivity contribution in [1.29, 1.82) is 0 Å². The molecule has 0 bridgehead atoms. The number of aryl methyl sites for hydroxylation is 1. The van der Waals surface area contributed by atoms with E-state index in [2.05, 4.69) is 40.1 Å². The number of fused-ring (bicyclic) bond motifs is 2. The monoisotopic (exact) mass is 446 g/mol. The van der Waals surface area contributed by atoms with Gasteiger partial charge in [-0.25, -0.2) is 4.98 Å². The first kappa shape index (κ1) is 19.5. The van der Waals surface area contributed by atoms with E-state index in [0.29, 0.717) is 16.6 Å². The Morgan fingerprint density at radius 1 is 0.909 bits per heavy atom. The van der Waals surface area contributed by atoms with Gasteiger partial charge in [-0.1, -0.05) is 18.2 Å². The van der Waals surface area contributed by atoms with Gasteiger partial charge in [-0.3, -0.25) is 14.8 Å². The van der Waals surface area contributed by atoms with Gasteiger partial charge in [0.15, 0.2) is 5.43 Å². The number of rotatable bonds is 3. The van der Waals surface area contributed by atoms with Crippen LogP contribution in [0.5, 0.6) is 0 Å². The molecule has 1 aromatic carbocycles. The second-order valence-corrected chi connectivity index (χ2v) is 9.16. The number of H-pyrrole nitrogens is 1. The summed E-state index contributed by atoms with van der Waals surface area (Å²) in [6.45, 7) is 2.08. The van der Waals surface area contributed by atoms with Gasteiger partial charge in [-0.15, -0.1) is 11.3 Å². The summed E-state index contributed by atoms with van der Waals surface area (Å²) in [5.74, 6) is 0. The molecule has 0 fully saturated rings. The molecule has 6 aromatic rings. The minimum absolute atomic E-state index is 0.0677. The van der Waals surface area contributed by atoms with Crippen LogP contribution in [0, 0.1) is 6.92 Å². The lowest BCUT2D eigenvalue weighted by Crippen LogP contribution is -2.08. The van der Waals surface area contributed by atoms with E-state index in [9.17, 15) is 4.79 Å². The zero-order chi connectivity index (χ0) is 22.4. The van der Waals surface area contributed by atoms with E-state index in [1.54, 1.807) is 36.1 Å². The van der Waals surface area contributed by atoms with Gasteiger partial charge in [0.1, 0.15) is 5.65 Å². The zero-order valence-electron chi connectivity index (χ0n) is 17.7. The third-order valence-corrected chi connectivity index (χ3v) is 6.73. The Morgan fingerprint density at radius 2 is 1.82 bits per heavy atom. The fourth-order valence-electron chi connectivity index (χ4n) is 4.10. The molecular formula is C27H18N4OS. The van der Waals surface area contributed by atoms with Gasteiger partial charge in [-0.05, 0) is 55.0 Å². The molecule has 0 saturated heterocycles. The highest BCUT2D eigenvalue weighted by molar-refractivity contribution is 7.15. The van der Waals surface area contributed by atoms with E-state index < -0.39 is 0 Å². The molecule has 0 radical (unpaired) electrons. The smallest absolute Gasteiger partial charge is 0.198 e. The predicted octanol–water partition coefficient (Wildman–Crippen LogP) is 6.24. The lowest BCUT2D eigenvalue weighted by molar-refractivity contribution is 1.27. The Labute approximate surface area is 193 Å². The zero-order valence-corrected chi connectivity index (χ0v) is 18.6. The first-order valence-corrected chi connectivity index (χ1v) is 11.4. The van der Waals surface area contributed by atoms with Crippen molar-refractivity contribution < 1.29 is 0 Å². The first-order chi connectivity index (χ1) is 16.2. The maximum atomic E-state index is 13.5. The van der Waals surface area contributed by atoms with Gasteiger partial charge < -0.3 is 4.98 Å². The summed E-state index contributed by atoms with van der Waals surface area (Å²) >= 11 is 1.69. The Morgan fingerprint density at radius 3 is 2.64 bits per heavy atom. The van der Waals surface area contributed by atoms with Crippen molar-refractivity contribution in [3.63, 3.8) is 0 Å². The molecule has 0 atom stereocenters. The van der Waals surface area contributed by atoms with Crippen molar-refractivity contribution in [3.05, 3.63) is 101 Å². The number of benzene rings is 1. The van der Waals surface area contributed by atoms with E-state index in [-0.39, 0.29) is 5.43 Å². The summed E-state index contributed by atoms with van der Waals surface area (Å²) in [6, 6.07) is 20.0. The van der Waals surface area contributed by atoms with Gasteiger partial charge in [0, 0.05) is 51.7 Å². The normalized spacial score (nSPS) is 11.3. The fraction of sp³-hybridized carbons (Fsp3) is 0.0370. The SMILES string of the molecule is Cc1ccc(-c2nc3[nH]cc(-c4cccnc4)c(=O)c3cc2-c2ccc3ncccc3c2)s1.